The topological polar surface area (TPSA) is 74.8 Å². The molecule has 1 N–H and O–H groups in total. The van der Waals surface area contributed by atoms with E-state index in [4.69, 9.17) is 4.74 Å². The maximum atomic E-state index is 12.2. The van der Waals surface area contributed by atoms with Crippen LogP contribution in [-0.2, 0) is 11.3 Å². The van der Waals surface area contributed by atoms with E-state index in [1.54, 1.807) is 24.1 Å². The third-order valence-corrected chi connectivity index (χ3v) is 4.10. The minimum Gasteiger partial charge on any atom is -0.476 e. The van der Waals surface area contributed by atoms with Crippen LogP contribution >= 0.6 is 0 Å². The third kappa shape index (κ3) is 7.36. The lowest BCUT2D eigenvalue weighted by Crippen LogP contribution is -2.31. The second-order valence-electron chi connectivity index (χ2n) is 6.78. The van der Waals surface area contributed by atoms with E-state index in [2.05, 4.69) is 10.3 Å². The molecule has 0 spiro atoms. The Morgan fingerprint density at radius 3 is 2.46 bits per heavy atom. The second-order valence-corrected chi connectivity index (χ2v) is 6.78. The number of nitrogens with one attached hydrogen (secondary N) is 1. The number of nitrogens with zero attached hydrogens (tertiary/aromatic N) is 3. The van der Waals surface area contributed by atoms with Gasteiger partial charge in [-0.1, -0.05) is 30.3 Å². The Bertz CT molecular complexity index is 748. The van der Waals surface area contributed by atoms with Crippen LogP contribution in [-0.4, -0.2) is 67.4 Å². The lowest BCUT2D eigenvalue weighted by molar-refractivity contribution is -0.130. The number of aromatic nitrogens is 1. The Labute approximate surface area is 166 Å². The fourth-order valence-electron chi connectivity index (χ4n) is 2.45. The number of benzene rings is 1. The summed E-state index contributed by atoms with van der Waals surface area (Å²) in [7, 11) is 5.69. The summed E-state index contributed by atoms with van der Waals surface area (Å²) in [5.41, 5.74) is 1.51. The number of ether oxygens (including phenoxy) is 1. The Balaban J connectivity index is 1.72. The number of likely N-dealkylation sites (N-methyl/N-ethyl adjacent to an activating group) is 1. The summed E-state index contributed by atoms with van der Waals surface area (Å²) >= 11 is 0. The highest BCUT2D eigenvalue weighted by atomic mass is 16.5. The van der Waals surface area contributed by atoms with Gasteiger partial charge in [0.25, 0.3) is 5.91 Å². The molecule has 0 bridgehead atoms. The van der Waals surface area contributed by atoms with Crippen molar-refractivity contribution < 1.29 is 14.3 Å². The van der Waals surface area contributed by atoms with E-state index >= 15 is 0 Å². The normalized spacial score (nSPS) is 10.6. The molecule has 150 valence electrons. The zero-order chi connectivity index (χ0) is 20.4. The third-order valence-electron chi connectivity index (χ3n) is 4.10. The molecule has 2 aromatic rings. The average molecular weight is 384 g/mol. The Morgan fingerprint density at radius 2 is 1.82 bits per heavy atom. The average Bonchev–Trinajstić information content (AvgIpc) is 2.68. The van der Waals surface area contributed by atoms with Gasteiger partial charge in [-0.25, -0.2) is 4.98 Å². The minimum atomic E-state index is -0.258. The second kappa shape index (κ2) is 11.0. The Kier molecular flexibility index (Phi) is 8.42. The highest BCUT2D eigenvalue weighted by Gasteiger charge is 2.11. The summed E-state index contributed by atoms with van der Waals surface area (Å²) in [6.45, 7) is 2.14. The van der Waals surface area contributed by atoms with Crippen LogP contribution in [0.4, 0.5) is 0 Å². The number of carbonyl (C=O) groups excluding carboxylic acids is 2. The van der Waals surface area contributed by atoms with Gasteiger partial charge in [-0.15, -0.1) is 0 Å². The van der Waals surface area contributed by atoms with E-state index in [-0.39, 0.29) is 24.8 Å². The lowest BCUT2D eigenvalue weighted by atomic mass is 10.2. The van der Waals surface area contributed by atoms with Gasteiger partial charge in [0.05, 0.1) is 5.56 Å². The molecule has 0 saturated heterocycles. The molecule has 0 aliphatic rings. The van der Waals surface area contributed by atoms with Crippen molar-refractivity contribution in [3.05, 3.63) is 59.8 Å². The van der Waals surface area contributed by atoms with Gasteiger partial charge >= 0.3 is 0 Å². The maximum absolute atomic E-state index is 12.2. The van der Waals surface area contributed by atoms with Crippen LogP contribution in [0.2, 0.25) is 0 Å². The Morgan fingerprint density at radius 1 is 1.07 bits per heavy atom. The molecule has 0 saturated carbocycles. The van der Waals surface area contributed by atoms with Crippen molar-refractivity contribution in [3.63, 3.8) is 0 Å². The van der Waals surface area contributed by atoms with Gasteiger partial charge in [0, 0.05) is 45.4 Å². The number of hydrogen-bond donors (Lipinski definition) is 1. The number of pyridine rings is 1. The molecule has 0 aliphatic carbocycles. The fraction of sp³-hybridized carbons (Fsp3) is 0.381. The van der Waals surface area contributed by atoms with Crippen LogP contribution in [0.5, 0.6) is 5.88 Å². The van der Waals surface area contributed by atoms with Crippen LogP contribution in [0.1, 0.15) is 22.3 Å². The lowest BCUT2D eigenvalue weighted by Gasteiger charge is -2.17. The van der Waals surface area contributed by atoms with Crippen molar-refractivity contribution in [3.8, 4) is 5.88 Å². The van der Waals surface area contributed by atoms with Crippen molar-refractivity contribution in [2.75, 3.05) is 40.8 Å². The van der Waals surface area contributed by atoms with Gasteiger partial charge < -0.3 is 19.9 Å². The first-order chi connectivity index (χ1) is 13.5. The highest BCUT2D eigenvalue weighted by molar-refractivity contribution is 5.94. The summed E-state index contributed by atoms with van der Waals surface area (Å²) in [5, 5.41) is 2.75. The monoisotopic (exact) mass is 384 g/mol. The predicted octanol–water partition coefficient (Wildman–Crippen LogP) is 1.80. The van der Waals surface area contributed by atoms with Gasteiger partial charge in [0.1, 0.15) is 6.61 Å². The SMILES string of the molecule is CN(C)CCOc1ccc(C(=O)NCCC(=O)N(C)Cc2ccccc2)cn1. The molecule has 28 heavy (non-hydrogen) atoms. The highest BCUT2D eigenvalue weighted by Crippen LogP contribution is 2.08. The molecule has 0 radical (unpaired) electrons. The van der Waals surface area contributed by atoms with Crippen molar-refractivity contribution in [2.24, 2.45) is 0 Å². The molecule has 0 aliphatic heterocycles. The van der Waals surface area contributed by atoms with E-state index in [1.807, 2.05) is 49.3 Å². The number of carbonyl (C=O) groups is 2. The van der Waals surface area contributed by atoms with E-state index in [1.165, 1.54) is 6.20 Å². The molecular weight excluding hydrogens is 356 g/mol. The standard InChI is InChI=1S/C21H28N4O3/c1-24(2)13-14-28-19-10-9-18(15-23-19)21(27)22-12-11-20(26)25(3)16-17-7-5-4-6-8-17/h4-10,15H,11-14,16H2,1-3H3,(H,22,27). The van der Waals surface area contributed by atoms with Gasteiger partial charge in [0.2, 0.25) is 11.8 Å². The minimum absolute atomic E-state index is 0.0214. The molecule has 7 heteroatoms. The maximum Gasteiger partial charge on any atom is 0.252 e. The molecule has 1 aromatic carbocycles. The van der Waals surface area contributed by atoms with E-state index < -0.39 is 0 Å². The van der Waals surface area contributed by atoms with Crippen LogP contribution in [0, 0.1) is 0 Å². The molecule has 0 fully saturated rings. The summed E-state index contributed by atoms with van der Waals surface area (Å²) in [5.74, 6) is 0.203. The van der Waals surface area contributed by atoms with E-state index in [9.17, 15) is 9.59 Å². The first-order valence-corrected chi connectivity index (χ1v) is 9.25. The zero-order valence-electron chi connectivity index (χ0n) is 16.7. The molecule has 7 nitrogen and oxygen atoms in total. The molecule has 2 amide bonds. The van der Waals surface area contributed by atoms with Gasteiger partial charge in [-0.3, -0.25) is 9.59 Å². The van der Waals surface area contributed by atoms with Gasteiger partial charge in [-0.05, 0) is 25.7 Å². The van der Waals surface area contributed by atoms with Gasteiger partial charge in [-0.2, -0.15) is 0 Å². The Hall–Kier alpha value is -2.93. The number of rotatable bonds is 10. The number of hydrogen-bond acceptors (Lipinski definition) is 5. The largest absolute Gasteiger partial charge is 0.476 e. The predicted molar refractivity (Wildman–Crippen MR) is 108 cm³/mol. The van der Waals surface area contributed by atoms with E-state index in [0.29, 0.717) is 24.6 Å². The molecule has 0 atom stereocenters. The molecular formula is C21H28N4O3. The zero-order valence-corrected chi connectivity index (χ0v) is 16.7. The first kappa shape index (κ1) is 21.4. The van der Waals surface area contributed by atoms with Crippen LogP contribution in [0.15, 0.2) is 48.7 Å². The van der Waals surface area contributed by atoms with E-state index in [0.717, 1.165) is 12.1 Å². The molecule has 1 aromatic heterocycles. The van der Waals surface area contributed by atoms with Crippen LogP contribution in [0.25, 0.3) is 0 Å². The molecule has 1 heterocycles. The fourth-order valence-corrected chi connectivity index (χ4v) is 2.45. The smallest absolute Gasteiger partial charge is 0.252 e. The van der Waals surface area contributed by atoms with Crippen molar-refractivity contribution in [1.82, 2.24) is 20.1 Å². The molecule has 2 rings (SSSR count). The van der Waals surface area contributed by atoms with Crippen molar-refractivity contribution >= 4 is 11.8 Å². The molecule has 0 unspecified atom stereocenters. The van der Waals surface area contributed by atoms with Gasteiger partial charge in [0.15, 0.2) is 0 Å². The first-order valence-electron chi connectivity index (χ1n) is 9.25. The summed E-state index contributed by atoms with van der Waals surface area (Å²) in [4.78, 5) is 32.2. The number of amides is 2. The van der Waals surface area contributed by atoms with Crippen molar-refractivity contribution in [1.29, 1.82) is 0 Å². The van der Waals surface area contributed by atoms with Crippen LogP contribution < -0.4 is 10.1 Å². The summed E-state index contributed by atoms with van der Waals surface area (Å²) in [6.07, 6.45) is 1.72. The summed E-state index contributed by atoms with van der Waals surface area (Å²) < 4.78 is 5.50. The van der Waals surface area contributed by atoms with Crippen LogP contribution in [0.3, 0.4) is 0 Å². The summed E-state index contributed by atoms with van der Waals surface area (Å²) in [6, 6.07) is 13.1. The quantitative estimate of drug-likeness (QED) is 0.676. The van der Waals surface area contributed by atoms with Crippen molar-refractivity contribution in [2.45, 2.75) is 13.0 Å².